The highest BCUT2D eigenvalue weighted by Gasteiger charge is 2.43. The largest absolute Gasteiger partial charge is 0.465 e. The van der Waals surface area contributed by atoms with E-state index < -0.39 is 11.9 Å². The van der Waals surface area contributed by atoms with E-state index in [1.54, 1.807) is 41.3 Å². The van der Waals surface area contributed by atoms with Gasteiger partial charge in [-0.05, 0) is 73.6 Å². The molecule has 2 N–H and O–H groups in total. The molecule has 1 amide bonds. The molecule has 5 rings (SSSR count). The van der Waals surface area contributed by atoms with Crippen LogP contribution in [0.3, 0.4) is 0 Å². The maximum atomic E-state index is 13.4. The van der Waals surface area contributed by atoms with Gasteiger partial charge in [-0.15, -0.1) is 11.3 Å². The molecule has 180 valence electrons. The molecule has 3 aromatic rings. The second kappa shape index (κ2) is 9.56. The lowest BCUT2D eigenvalue weighted by Gasteiger charge is -2.38. The fourth-order valence-corrected chi connectivity index (χ4v) is 5.50. The second-order valence-electron chi connectivity index (χ2n) is 7.75. The van der Waals surface area contributed by atoms with E-state index in [0.717, 1.165) is 0 Å². The third-order valence-electron chi connectivity index (χ3n) is 5.63. The maximum Gasteiger partial charge on any atom is 0.340 e. The number of halogens is 2. The van der Waals surface area contributed by atoms with Crippen molar-refractivity contribution >= 4 is 61.1 Å². The minimum atomic E-state index is -0.719. The van der Waals surface area contributed by atoms with Crippen molar-refractivity contribution in [1.29, 1.82) is 0 Å². The van der Waals surface area contributed by atoms with Gasteiger partial charge < -0.3 is 28.9 Å². The summed E-state index contributed by atoms with van der Waals surface area (Å²) in [5.74, 6) is -0.0995. The standard InChI is InChI=1S/C24H18Br2N2O6S/c1-31-24(30)20-19(15-5-7-18(26)33-15)14-11-28(23(29)16-3-2-8-35-16)10-12(21(14)34-22(20)27)9-13-4-6-17(25)32-13/h2-9,19H,10-11,27H2,1H3/b12-9+. The molecule has 35 heavy (non-hydrogen) atoms. The number of esters is 1. The number of nitrogens with zero attached hydrogens (tertiary/aromatic N) is 1. The van der Waals surface area contributed by atoms with Gasteiger partial charge in [0.25, 0.3) is 5.91 Å². The summed E-state index contributed by atoms with van der Waals surface area (Å²) in [6.07, 6.45) is 1.79. The predicted molar refractivity (Wildman–Crippen MR) is 135 cm³/mol. The number of amides is 1. The van der Waals surface area contributed by atoms with E-state index in [4.69, 9.17) is 24.0 Å². The molecule has 0 aliphatic carbocycles. The third kappa shape index (κ3) is 4.51. The van der Waals surface area contributed by atoms with Crippen LogP contribution in [0.4, 0.5) is 0 Å². The lowest BCUT2D eigenvalue weighted by molar-refractivity contribution is -0.136. The summed E-state index contributed by atoms with van der Waals surface area (Å²) in [5, 5.41) is 1.85. The summed E-state index contributed by atoms with van der Waals surface area (Å²) >= 11 is 8.00. The van der Waals surface area contributed by atoms with Crippen molar-refractivity contribution < 1.29 is 27.9 Å². The number of nitrogens with two attached hydrogens (primary N) is 1. The van der Waals surface area contributed by atoms with Crippen molar-refractivity contribution in [3.63, 3.8) is 0 Å². The van der Waals surface area contributed by atoms with Crippen molar-refractivity contribution in [2.45, 2.75) is 5.92 Å². The van der Waals surface area contributed by atoms with Gasteiger partial charge in [0.05, 0.1) is 24.4 Å². The number of methoxy groups -OCH3 is 1. The Kier molecular flexibility index (Phi) is 6.47. The van der Waals surface area contributed by atoms with Gasteiger partial charge in [0.15, 0.2) is 9.34 Å². The van der Waals surface area contributed by atoms with E-state index in [-0.39, 0.29) is 30.5 Å². The van der Waals surface area contributed by atoms with Crippen molar-refractivity contribution in [3.8, 4) is 0 Å². The van der Waals surface area contributed by atoms with Gasteiger partial charge >= 0.3 is 5.97 Å². The van der Waals surface area contributed by atoms with E-state index in [0.29, 0.717) is 42.6 Å². The van der Waals surface area contributed by atoms with Crippen molar-refractivity contribution in [2.75, 3.05) is 20.2 Å². The average Bonchev–Trinajstić information content (AvgIpc) is 3.60. The van der Waals surface area contributed by atoms with Crippen LogP contribution < -0.4 is 5.73 Å². The molecule has 0 aromatic carbocycles. The molecule has 2 aliphatic heterocycles. The number of furan rings is 2. The lowest BCUT2D eigenvalue weighted by atomic mass is 9.82. The summed E-state index contributed by atoms with van der Waals surface area (Å²) in [5.41, 5.74) is 7.68. The van der Waals surface area contributed by atoms with Gasteiger partial charge in [0, 0.05) is 17.7 Å². The lowest BCUT2D eigenvalue weighted by Crippen LogP contribution is -2.42. The summed E-state index contributed by atoms with van der Waals surface area (Å²) in [4.78, 5) is 28.5. The molecule has 5 heterocycles. The van der Waals surface area contributed by atoms with Crippen LogP contribution >= 0.6 is 43.2 Å². The van der Waals surface area contributed by atoms with Crippen LogP contribution in [-0.4, -0.2) is 37.0 Å². The Balaban J connectivity index is 1.67. The second-order valence-corrected chi connectivity index (χ2v) is 10.3. The van der Waals surface area contributed by atoms with Gasteiger partial charge in [-0.25, -0.2) is 4.79 Å². The van der Waals surface area contributed by atoms with Crippen LogP contribution in [0.1, 0.15) is 27.1 Å². The number of ether oxygens (including phenoxy) is 2. The number of rotatable bonds is 4. The van der Waals surface area contributed by atoms with Gasteiger partial charge in [-0.2, -0.15) is 0 Å². The normalized spacial score (nSPS) is 19.1. The molecule has 8 nitrogen and oxygen atoms in total. The van der Waals surface area contributed by atoms with Crippen LogP contribution in [0.15, 0.2) is 88.3 Å². The van der Waals surface area contributed by atoms with Crippen molar-refractivity contribution in [2.24, 2.45) is 5.73 Å². The predicted octanol–water partition coefficient (Wildman–Crippen LogP) is 5.41. The van der Waals surface area contributed by atoms with E-state index >= 15 is 0 Å². The minimum absolute atomic E-state index is 0.0855. The molecule has 0 saturated carbocycles. The quantitative estimate of drug-likeness (QED) is 0.388. The first-order valence-electron chi connectivity index (χ1n) is 10.4. The SMILES string of the molecule is COC(=O)C1=C(N)OC2=C(CN(C(=O)c3cccs3)C/C2=C\c2ccc(Br)o2)C1c1ccc(Br)o1. The zero-order valence-electron chi connectivity index (χ0n) is 18.2. The average molecular weight is 622 g/mol. The molecule has 2 aliphatic rings. The Morgan fingerprint density at radius 1 is 1.14 bits per heavy atom. The number of hydrogen-bond acceptors (Lipinski definition) is 8. The van der Waals surface area contributed by atoms with E-state index in [1.165, 1.54) is 18.4 Å². The smallest absolute Gasteiger partial charge is 0.340 e. The minimum Gasteiger partial charge on any atom is -0.465 e. The number of carbonyl (C=O) groups is 2. The number of carbonyl (C=O) groups excluding carboxylic acids is 2. The van der Waals surface area contributed by atoms with Crippen LogP contribution in [0.5, 0.6) is 0 Å². The number of thiophene rings is 1. The molecule has 3 aromatic heterocycles. The number of hydrogen-bond donors (Lipinski definition) is 1. The topological polar surface area (TPSA) is 108 Å². The van der Waals surface area contributed by atoms with Crippen LogP contribution in [0.25, 0.3) is 6.08 Å². The molecular formula is C24H18Br2N2O6S. The van der Waals surface area contributed by atoms with Gasteiger partial charge in [-0.3, -0.25) is 4.79 Å². The zero-order valence-corrected chi connectivity index (χ0v) is 22.2. The van der Waals surface area contributed by atoms with Crippen molar-refractivity contribution in [3.05, 3.63) is 95.9 Å². The fourth-order valence-electron chi connectivity index (χ4n) is 4.17. The highest BCUT2D eigenvalue weighted by molar-refractivity contribution is 9.10. The first-order chi connectivity index (χ1) is 16.9. The first kappa shape index (κ1) is 23.7. The molecule has 1 unspecified atom stereocenters. The Morgan fingerprint density at radius 3 is 2.54 bits per heavy atom. The molecule has 0 saturated heterocycles. The fraction of sp³-hybridized carbons (Fsp3) is 0.167. The summed E-state index contributed by atoms with van der Waals surface area (Å²) in [6, 6.07) is 10.6. The molecule has 0 bridgehead atoms. The Bertz CT molecular complexity index is 1400. The zero-order chi connectivity index (χ0) is 24.7. The van der Waals surface area contributed by atoms with Crippen LogP contribution in [0, 0.1) is 0 Å². The van der Waals surface area contributed by atoms with Crippen LogP contribution in [-0.2, 0) is 14.3 Å². The molecule has 0 spiro atoms. The Labute approximate surface area is 220 Å². The monoisotopic (exact) mass is 620 g/mol. The molecule has 11 heteroatoms. The van der Waals surface area contributed by atoms with Gasteiger partial charge in [0.1, 0.15) is 22.9 Å². The summed E-state index contributed by atoms with van der Waals surface area (Å²) < 4.78 is 23.6. The van der Waals surface area contributed by atoms with Gasteiger partial charge in [-0.1, -0.05) is 6.07 Å². The highest BCUT2D eigenvalue weighted by atomic mass is 79.9. The van der Waals surface area contributed by atoms with Gasteiger partial charge in [0.2, 0.25) is 5.88 Å². The van der Waals surface area contributed by atoms with E-state index in [2.05, 4.69) is 31.9 Å². The summed E-state index contributed by atoms with van der Waals surface area (Å²) in [6.45, 7) is 0.450. The van der Waals surface area contributed by atoms with E-state index in [1.807, 2.05) is 11.4 Å². The summed E-state index contributed by atoms with van der Waals surface area (Å²) in [7, 11) is 1.27. The van der Waals surface area contributed by atoms with Crippen LogP contribution in [0.2, 0.25) is 0 Å². The highest BCUT2D eigenvalue weighted by Crippen LogP contribution is 2.45. The molecule has 0 fully saturated rings. The molecular weight excluding hydrogens is 604 g/mol. The molecule has 1 atom stereocenters. The Morgan fingerprint density at radius 2 is 1.91 bits per heavy atom. The maximum absolute atomic E-state index is 13.4. The Hall–Kier alpha value is -3.02. The first-order valence-corrected chi connectivity index (χ1v) is 12.9. The van der Waals surface area contributed by atoms with Crippen molar-refractivity contribution in [1.82, 2.24) is 4.90 Å². The molecule has 0 radical (unpaired) electrons. The van der Waals surface area contributed by atoms with E-state index in [9.17, 15) is 9.59 Å². The third-order valence-corrected chi connectivity index (χ3v) is 7.34.